The van der Waals surface area contributed by atoms with Crippen LogP contribution in [0.15, 0.2) is 35.5 Å². The van der Waals surface area contributed by atoms with E-state index in [-0.39, 0.29) is 17.5 Å². The standard InChI is InChI=1S/C30H46O2/c1-19(2)20(3)8-9-21(4)26-12-13-27-25-11-10-23-18-24(32-22(5)31)14-16-29(23,6)28(25)15-17-30(26,27)7/h8-11,19-21,24,26-28H,12-18H2,1-7H3/b9-8+/t20?,21?,24-,26?,27?,28?,29?,30?/m0/s1. The highest BCUT2D eigenvalue weighted by Gasteiger charge is 2.56. The molecule has 0 radical (unpaired) electrons. The van der Waals surface area contributed by atoms with Crippen LogP contribution in [0.1, 0.15) is 93.4 Å². The van der Waals surface area contributed by atoms with Crippen LogP contribution < -0.4 is 0 Å². The average molecular weight is 439 g/mol. The number of hydrogen-bond donors (Lipinski definition) is 0. The molecule has 0 N–H and O–H groups in total. The van der Waals surface area contributed by atoms with Gasteiger partial charge in [-0.3, -0.25) is 4.79 Å². The quantitative estimate of drug-likeness (QED) is 0.322. The van der Waals surface area contributed by atoms with Crippen LogP contribution in [-0.4, -0.2) is 12.1 Å². The molecule has 4 aliphatic rings. The summed E-state index contributed by atoms with van der Waals surface area (Å²) in [5, 5.41) is 0. The van der Waals surface area contributed by atoms with Crippen LogP contribution in [0.3, 0.4) is 0 Å². The minimum atomic E-state index is -0.136. The maximum absolute atomic E-state index is 11.5. The topological polar surface area (TPSA) is 26.3 Å². The fourth-order valence-electron chi connectivity index (χ4n) is 7.92. The number of rotatable bonds is 5. The third-order valence-corrected chi connectivity index (χ3v) is 10.3. The van der Waals surface area contributed by atoms with Crippen molar-refractivity contribution in [3.8, 4) is 0 Å². The van der Waals surface area contributed by atoms with Crippen LogP contribution in [0.25, 0.3) is 0 Å². The molecule has 32 heavy (non-hydrogen) atoms. The second kappa shape index (κ2) is 8.80. The molecular weight excluding hydrogens is 392 g/mol. The molecule has 2 nitrogen and oxygen atoms in total. The molecule has 0 amide bonds. The van der Waals surface area contributed by atoms with Crippen molar-refractivity contribution in [1.82, 2.24) is 0 Å². The maximum atomic E-state index is 11.5. The fourth-order valence-corrected chi connectivity index (χ4v) is 7.92. The second-order valence-electron chi connectivity index (χ2n) is 12.4. The lowest BCUT2D eigenvalue weighted by Crippen LogP contribution is -2.46. The van der Waals surface area contributed by atoms with Gasteiger partial charge in [-0.2, -0.15) is 0 Å². The summed E-state index contributed by atoms with van der Waals surface area (Å²) >= 11 is 0. The summed E-state index contributed by atoms with van der Waals surface area (Å²) in [6.45, 7) is 16.1. The number of allylic oxidation sites excluding steroid dienone is 5. The fraction of sp³-hybridized carbons (Fsp3) is 0.767. The van der Waals surface area contributed by atoms with E-state index in [0.29, 0.717) is 29.1 Å². The predicted octanol–water partition coefficient (Wildman–Crippen LogP) is 7.90. The average Bonchev–Trinajstić information content (AvgIpc) is 3.08. The first-order valence-corrected chi connectivity index (χ1v) is 13.3. The lowest BCUT2D eigenvalue weighted by Gasteiger charge is -2.55. The normalized spacial score (nSPS) is 40.8. The summed E-state index contributed by atoms with van der Waals surface area (Å²) in [6.07, 6.45) is 18.5. The molecule has 0 aromatic carbocycles. The summed E-state index contributed by atoms with van der Waals surface area (Å²) in [5.74, 6) is 4.11. The highest BCUT2D eigenvalue weighted by molar-refractivity contribution is 5.66. The third-order valence-electron chi connectivity index (χ3n) is 10.3. The Hall–Kier alpha value is -1.31. The molecule has 4 rings (SSSR count). The van der Waals surface area contributed by atoms with Crippen molar-refractivity contribution in [2.75, 3.05) is 0 Å². The van der Waals surface area contributed by atoms with Crippen LogP contribution in [0.2, 0.25) is 0 Å². The molecule has 8 atom stereocenters. The zero-order chi connectivity index (χ0) is 23.3. The van der Waals surface area contributed by atoms with E-state index in [9.17, 15) is 4.79 Å². The molecule has 2 heteroatoms. The molecule has 0 aromatic heterocycles. The zero-order valence-electron chi connectivity index (χ0n) is 21.6. The van der Waals surface area contributed by atoms with Crippen molar-refractivity contribution >= 4 is 5.97 Å². The van der Waals surface area contributed by atoms with Gasteiger partial charge in [-0.05, 0) is 84.9 Å². The molecule has 0 aromatic rings. The summed E-state index contributed by atoms with van der Waals surface area (Å²) < 4.78 is 5.59. The van der Waals surface area contributed by atoms with Crippen molar-refractivity contribution in [3.63, 3.8) is 0 Å². The van der Waals surface area contributed by atoms with E-state index >= 15 is 0 Å². The first kappa shape index (κ1) is 23.8. The molecule has 3 saturated carbocycles. The van der Waals surface area contributed by atoms with Crippen LogP contribution in [0, 0.1) is 46.3 Å². The molecule has 0 heterocycles. The Morgan fingerprint density at radius 2 is 1.75 bits per heavy atom. The van der Waals surface area contributed by atoms with Crippen LogP contribution in [-0.2, 0) is 9.53 Å². The van der Waals surface area contributed by atoms with Crippen LogP contribution in [0.4, 0.5) is 0 Å². The smallest absolute Gasteiger partial charge is 0.302 e. The van der Waals surface area contributed by atoms with Crippen LogP contribution >= 0.6 is 0 Å². The van der Waals surface area contributed by atoms with E-state index in [0.717, 1.165) is 31.1 Å². The van der Waals surface area contributed by atoms with Gasteiger partial charge in [0, 0.05) is 13.3 Å². The summed E-state index contributed by atoms with van der Waals surface area (Å²) in [4.78, 5) is 11.5. The van der Waals surface area contributed by atoms with Crippen LogP contribution in [0.5, 0.6) is 0 Å². The lowest BCUT2D eigenvalue weighted by molar-refractivity contribution is -0.148. The van der Waals surface area contributed by atoms with Gasteiger partial charge >= 0.3 is 5.97 Å². The van der Waals surface area contributed by atoms with Crippen molar-refractivity contribution in [1.29, 1.82) is 0 Å². The van der Waals surface area contributed by atoms with Gasteiger partial charge in [0.25, 0.3) is 0 Å². The van der Waals surface area contributed by atoms with Gasteiger partial charge in [0.15, 0.2) is 0 Å². The molecule has 0 saturated heterocycles. The Labute approximate surface area is 197 Å². The van der Waals surface area contributed by atoms with Gasteiger partial charge in [0.05, 0.1) is 0 Å². The Morgan fingerprint density at radius 1 is 1.00 bits per heavy atom. The highest BCUT2D eigenvalue weighted by atomic mass is 16.5. The first-order chi connectivity index (χ1) is 15.1. The third kappa shape index (κ3) is 4.05. The number of carbonyl (C=O) groups is 1. The highest BCUT2D eigenvalue weighted by Crippen LogP contribution is 2.66. The Balaban J connectivity index is 1.54. The first-order valence-electron chi connectivity index (χ1n) is 13.3. The minimum Gasteiger partial charge on any atom is -0.462 e. The van der Waals surface area contributed by atoms with Crippen molar-refractivity contribution in [2.24, 2.45) is 46.3 Å². The molecule has 0 spiro atoms. The van der Waals surface area contributed by atoms with E-state index in [4.69, 9.17) is 4.74 Å². The molecule has 0 aliphatic heterocycles. The van der Waals surface area contributed by atoms with E-state index in [1.165, 1.54) is 31.3 Å². The minimum absolute atomic E-state index is 0.0763. The second-order valence-corrected chi connectivity index (χ2v) is 12.4. The van der Waals surface area contributed by atoms with E-state index in [1.54, 1.807) is 12.5 Å². The summed E-state index contributed by atoms with van der Waals surface area (Å²) in [7, 11) is 0. The van der Waals surface area contributed by atoms with E-state index in [2.05, 4.69) is 65.8 Å². The largest absolute Gasteiger partial charge is 0.462 e. The van der Waals surface area contributed by atoms with Gasteiger partial charge in [-0.1, -0.05) is 77.0 Å². The van der Waals surface area contributed by atoms with Crippen molar-refractivity contribution in [3.05, 3.63) is 35.5 Å². The van der Waals surface area contributed by atoms with Gasteiger partial charge in [0.2, 0.25) is 0 Å². The van der Waals surface area contributed by atoms with Gasteiger partial charge < -0.3 is 4.74 Å². The molecule has 7 unspecified atom stereocenters. The SMILES string of the molecule is CC(=O)O[C@H]1CCC2(C)C(=CC=C3C2CCC2(C)C3CCC2C(C)/C=C/C(C)C(C)C)C1. The van der Waals surface area contributed by atoms with Gasteiger partial charge in [0.1, 0.15) is 6.10 Å². The zero-order valence-corrected chi connectivity index (χ0v) is 21.6. The number of ether oxygens (including phenoxy) is 1. The summed E-state index contributed by atoms with van der Waals surface area (Å²) in [6, 6.07) is 0. The van der Waals surface area contributed by atoms with E-state index < -0.39 is 0 Å². The predicted molar refractivity (Wildman–Crippen MR) is 133 cm³/mol. The molecule has 0 bridgehead atoms. The van der Waals surface area contributed by atoms with Gasteiger partial charge in [-0.25, -0.2) is 0 Å². The number of fused-ring (bicyclic) bond motifs is 5. The maximum Gasteiger partial charge on any atom is 0.302 e. The Kier molecular flexibility index (Phi) is 6.56. The molecule has 178 valence electrons. The molecular formula is C30H46O2. The van der Waals surface area contributed by atoms with Gasteiger partial charge in [-0.15, -0.1) is 0 Å². The molecule has 4 aliphatic carbocycles. The Morgan fingerprint density at radius 3 is 2.44 bits per heavy atom. The monoisotopic (exact) mass is 438 g/mol. The summed E-state index contributed by atoms with van der Waals surface area (Å²) in [5.41, 5.74) is 3.98. The number of carbonyl (C=O) groups excluding carboxylic acids is 1. The number of hydrogen-bond acceptors (Lipinski definition) is 2. The molecule has 3 fully saturated rings. The Bertz CT molecular complexity index is 817. The van der Waals surface area contributed by atoms with Crippen molar-refractivity contribution in [2.45, 2.75) is 99.5 Å². The van der Waals surface area contributed by atoms with Crippen molar-refractivity contribution < 1.29 is 9.53 Å². The lowest BCUT2D eigenvalue weighted by atomic mass is 9.50. The number of esters is 1. The van der Waals surface area contributed by atoms with E-state index in [1.807, 2.05) is 0 Å².